The highest BCUT2D eigenvalue weighted by atomic mass is 35.5. The van der Waals surface area contributed by atoms with Crippen molar-refractivity contribution < 1.29 is 22.4 Å². The summed E-state index contributed by atoms with van der Waals surface area (Å²) in [5.41, 5.74) is -0.176. The number of rotatable bonds is 3. The zero-order chi connectivity index (χ0) is 20.6. The lowest BCUT2D eigenvalue weighted by Gasteiger charge is -2.29. The maximum absolute atomic E-state index is 13.4. The molecule has 0 aliphatic carbocycles. The van der Waals surface area contributed by atoms with Crippen LogP contribution in [-0.2, 0) is 11.0 Å². The van der Waals surface area contributed by atoms with Crippen LogP contribution in [0.15, 0.2) is 30.3 Å². The van der Waals surface area contributed by atoms with Gasteiger partial charge < -0.3 is 9.80 Å². The van der Waals surface area contributed by atoms with E-state index in [1.54, 1.807) is 4.90 Å². The van der Waals surface area contributed by atoms with Crippen LogP contribution in [-0.4, -0.2) is 30.5 Å². The van der Waals surface area contributed by atoms with Crippen LogP contribution in [0.3, 0.4) is 0 Å². The number of anilines is 2. The Kier molecular flexibility index (Phi) is 5.52. The Labute approximate surface area is 164 Å². The lowest BCUT2D eigenvalue weighted by Crippen LogP contribution is -2.44. The number of alkyl halides is 3. The largest absolute Gasteiger partial charge is 0.416 e. The molecule has 9 heteroatoms. The summed E-state index contributed by atoms with van der Waals surface area (Å²) in [7, 11) is 1.52. The highest BCUT2D eigenvalue weighted by Crippen LogP contribution is 2.34. The molecule has 0 radical (unpaired) electrons. The molecule has 0 unspecified atom stereocenters. The molecule has 0 bridgehead atoms. The number of hydrogen-bond acceptors (Lipinski definition) is 3. The Morgan fingerprint density at radius 2 is 2.00 bits per heavy atom. The second-order valence-corrected chi connectivity index (χ2v) is 7.11. The fourth-order valence-corrected chi connectivity index (χ4v) is 3.48. The third-order valence-electron chi connectivity index (χ3n) is 4.72. The molecule has 4 nitrogen and oxygen atoms in total. The standard InChI is InChI=1S/C19H18ClF4N3O/c1-11-8-12(19(22,23)24)9-17(25-11)27-7-3-4-16(27)18(28)26(2)13-5-6-15(21)14(20)10-13/h5-6,8-10,16H,3-4,7H2,1-2H3/t16-/m0/s1. The molecule has 2 aromatic rings. The Morgan fingerprint density at radius 1 is 1.29 bits per heavy atom. The zero-order valence-electron chi connectivity index (χ0n) is 15.2. The Morgan fingerprint density at radius 3 is 2.64 bits per heavy atom. The molecule has 1 aliphatic heterocycles. The maximum atomic E-state index is 13.4. The van der Waals surface area contributed by atoms with E-state index in [1.807, 2.05) is 0 Å². The predicted molar refractivity (Wildman–Crippen MR) is 99.2 cm³/mol. The van der Waals surface area contributed by atoms with Crippen LogP contribution in [0.25, 0.3) is 0 Å². The average Bonchev–Trinajstić information content (AvgIpc) is 3.11. The number of aryl methyl sites for hydroxylation is 1. The van der Waals surface area contributed by atoms with Crippen LogP contribution in [0.4, 0.5) is 29.1 Å². The lowest BCUT2D eigenvalue weighted by molar-refractivity contribution is -0.137. The van der Waals surface area contributed by atoms with Gasteiger partial charge in [-0.2, -0.15) is 13.2 Å². The van der Waals surface area contributed by atoms with Gasteiger partial charge in [0.15, 0.2) is 0 Å². The second kappa shape index (κ2) is 7.58. The number of aromatic nitrogens is 1. The number of likely N-dealkylation sites (N-methyl/N-ethyl adjacent to an activating group) is 1. The molecule has 1 aromatic carbocycles. The topological polar surface area (TPSA) is 36.4 Å². The SMILES string of the molecule is Cc1cc(C(F)(F)F)cc(N2CCC[C@H]2C(=O)N(C)c2ccc(F)c(Cl)c2)n1. The Bertz CT molecular complexity index is 903. The third kappa shape index (κ3) is 4.06. The first kappa shape index (κ1) is 20.4. The number of benzene rings is 1. The van der Waals surface area contributed by atoms with Gasteiger partial charge in [-0.25, -0.2) is 9.37 Å². The highest BCUT2D eigenvalue weighted by Gasteiger charge is 2.36. The molecule has 0 saturated carbocycles. The highest BCUT2D eigenvalue weighted by molar-refractivity contribution is 6.31. The van der Waals surface area contributed by atoms with E-state index >= 15 is 0 Å². The minimum absolute atomic E-state index is 0.115. The molecular formula is C19H18ClF4N3O. The van der Waals surface area contributed by atoms with E-state index in [2.05, 4.69) is 4.98 Å². The number of nitrogens with zero attached hydrogens (tertiary/aromatic N) is 3. The third-order valence-corrected chi connectivity index (χ3v) is 5.01. The quantitative estimate of drug-likeness (QED) is 0.673. The first-order chi connectivity index (χ1) is 13.1. The minimum Gasteiger partial charge on any atom is -0.345 e. The molecule has 1 aromatic heterocycles. The number of carbonyl (C=O) groups is 1. The molecule has 2 heterocycles. The number of halogens is 5. The van der Waals surface area contributed by atoms with Crippen molar-refractivity contribution in [1.29, 1.82) is 0 Å². The van der Waals surface area contributed by atoms with Gasteiger partial charge in [0.25, 0.3) is 0 Å². The van der Waals surface area contributed by atoms with Crippen molar-refractivity contribution in [2.24, 2.45) is 0 Å². The fourth-order valence-electron chi connectivity index (χ4n) is 3.30. The molecule has 1 aliphatic rings. The molecule has 3 rings (SSSR count). The molecule has 1 saturated heterocycles. The normalized spacial score (nSPS) is 17.1. The summed E-state index contributed by atoms with van der Waals surface area (Å²) >= 11 is 5.78. The minimum atomic E-state index is -4.50. The van der Waals surface area contributed by atoms with Crippen LogP contribution in [0.2, 0.25) is 5.02 Å². The molecule has 1 amide bonds. The number of hydrogen-bond donors (Lipinski definition) is 0. The fraction of sp³-hybridized carbons (Fsp3) is 0.368. The first-order valence-corrected chi connectivity index (χ1v) is 9.01. The van der Waals surface area contributed by atoms with Gasteiger partial charge in [-0.1, -0.05) is 11.6 Å². The van der Waals surface area contributed by atoms with Crippen molar-refractivity contribution in [1.82, 2.24) is 4.98 Å². The first-order valence-electron chi connectivity index (χ1n) is 8.63. The van der Waals surface area contributed by atoms with Crippen LogP contribution in [0, 0.1) is 12.7 Å². The Hall–Kier alpha value is -2.35. The van der Waals surface area contributed by atoms with Gasteiger partial charge >= 0.3 is 6.18 Å². The van der Waals surface area contributed by atoms with Gasteiger partial charge in [0.1, 0.15) is 17.7 Å². The van der Waals surface area contributed by atoms with Crippen molar-refractivity contribution in [3.8, 4) is 0 Å². The lowest BCUT2D eigenvalue weighted by atomic mass is 10.1. The molecule has 0 spiro atoms. The summed E-state index contributed by atoms with van der Waals surface area (Å²) < 4.78 is 52.8. The van der Waals surface area contributed by atoms with Crippen LogP contribution in [0.1, 0.15) is 24.1 Å². The summed E-state index contributed by atoms with van der Waals surface area (Å²) in [5.74, 6) is -0.803. The molecule has 28 heavy (non-hydrogen) atoms. The van der Waals surface area contributed by atoms with E-state index in [0.717, 1.165) is 18.2 Å². The van der Waals surface area contributed by atoms with Gasteiger partial charge in [0.05, 0.1) is 10.6 Å². The monoisotopic (exact) mass is 415 g/mol. The number of carbonyl (C=O) groups excluding carboxylic acids is 1. The van der Waals surface area contributed by atoms with Crippen LogP contribution in [0.5, 0.6) is 0 Å². The van der Waals surface area contributed by atoms with E-state index in [-0.39, 0.29) is 22.4 Å². The van der Waals surface area contributed by atoms with E-state index in [9.17, 15) is 22.4 Å². The van der Waals surface area contributed by atoms with Crippen molar-refractivity contribution in [2.45, 2.75) is 32.0 Å². The van der Waals surface area contributed by atoms with Crippen LogP contribution < -0.4 is 9.80 Å². The second-order valence-electron chi connectivity index (χ2n) is 6.70. The van der Waals surface area contributed by atoms with Crippen LogP contribution >= 0.6 is 11.6 Å². The van der Waals surface area contributed by atoms with E-state index < -0.39 is 23.6 Å². The summed E-state index contributed by atoms with van der Waals surface area (Å²) in [6.45, 7) is 1.90. The van der Waals surface area contributed by atoms with Gasteiger partial charge in [0, 0.05) is 25.0 Å². The van der Waals surface area contributed by atoms with Crippen molar-refractivity contribution in [3.63, 3.8) is 0 Å². The predicted octanol–water partition coefficient (Wildman–Crippen LogP) is 4.83. The van der Waals surface area contributed by atoms with Gasteiger partial charge in [-0.3, -0.25) is 4.79 Å². The van der Waals surface area contributed by atoms with Gasteiger partial charge in [-0.05, 0) is 50.1 Å². The molecule has 0 N–H and O–H groups in total. The Balaban J connectivity index is 1.89. The maximum Gasteiger partial charge on any atom is 0.416 e. The summed E-state index contributed by atoms with van der Waals surface area (Å²) in [6.07, 6.45) is -3.37. The average molecular weight is 416 g/mol. The molecular weight excluding hydrogens is 398 g/mol. The van der Waals surface area contributed by atoms with Crippen molar-refractivity contribution in [2.75, 3.05) is 23.4 Å². The summed E-state index contributed by atoms with van der Waals surface area (Å²) in [4.78, 5) is 20.1. The van der Waals surface area contributed by atoms with E-state index in [4.69, 9.17) is 11.6 Å². The molecule has 1 atom stereocenters. The van der Waals surface area contributed by atoms with E-state index in [0.29, 0.717) is 25.1 Å². The summed E-state index contributed by atoms with van der Waals surface area (Å²) in [5, 5.41) is -0.115. The van der Waals surface area contributed by atoms with Crippen molar-refractivity contribution in [3.05, 3.63) is 52.4 Å². The smallest absolute Gasteiger partial charge is 0.345 e. The van der Waals surface area contributed by atoms with Crippen molar-refractivity contribution >= 4 is 29.0 Å². The van der Waals surface area contributed by atoms with Gasteiger partial charge in [-0.15, -0.1) is 0 Å². The van der Waals surface area contributed by atoms with E-state index in [1.165, 1.54) is 31.0 Å². The number of pyridine rings is 1. The summed E-state index contributed by atoms with van der Waals surface area (Å²) in [6, 6.07) is 5.19. The zero-order valence-corrected chi connectivity index (χ0v) is 16.0. The van der Waals surface area contributed by atoms with Gasteiger partial charge in [0.2, 0.25) is 5.91 Å². The number of amides is 1. The molecule has 150 valence electrons. The molecule has 1 fully saturated rings.